The molecular formula is C20H22N2O3. The number of carbonyl (C=O) groups excluding carboxylic acids is 2. The van der Waals surface area contributed by atoms with Gasteiger partial charge in [-0.3, -0.25) is 9.59 Å². The average molecular weight is 338 g/mol. The van der Waals surface area contributed by atoms with Crippen LogP contribution >= 0.6 is 0 Å². The van der Waals surface area contributed by atoms with Gasteiger partial charge < -0.3 is 15.4 Å². The summed E-state index contributed by atoms with van der Waals surface area (Å²) >= 11 is 0. The molecule has 130 valence electrons. The summed E-state index contributed by atoms with van der Waals surface area (Å²) in [6.45, 7) is 1.46. The summed E-state index contributed by atoms with van der Waals surface area (Å²) in [4.78, 5) is 23.2. The van der Waals surface area contributed by atoms with Gasteiger partial charge >= 0.3 is 0 Å². The number of ether oxygens (including phenoxy) is 1. The van der Waals surface area contributed by atoms with Crippen molar-refractivity contribution in [1.29, 1.82) is 0 Å². The van der Waals surface area contributed by atoms with Gasteiger partial charge in [0.2, 0.25) is 6.41 Å². The Morgan fingerprint density at radius 1 is 1.04 bits per heavy atom. The highest BCUT2D eigenvalue weighted by Crippen LogP contribution is 2.30. The zero-order valence-corrected chi connectivity index (χ0v) is 14.0. The molecule has 1 fully saturated rings. The van der Waals surface area contributed by atoms with Gasteiger partial charge in [-0.25, -0.2) is 0 Å². The molecule has 0 unspecified atom stereocenters. The summed E-state index contributed by atoms with van der Waals surface area (Å²) < 4.78 is 5.46. The lowest BCUT2D eigenvalue weighted by molar-refractivity contribution is -0.105. The lowest BCUT2D eigenvalue weighted by Gasteiger charge is -2.31. The standard InChI is InChI=1S/C20H22N2O3/c23-14-21-18-8-6-17(7-9-18)20(24)22-19(15-4-2-1-3-5-15)16-10-12-25-13-11-16/h1-9,14,16,19H,10-13H2,(H,21,23)(H,22,24)/t19-/m1/s1. The van der Waals surface area contributed by atoms with Gasteiger partial charge in [-0.1, -0.05) is 30.3 Å². The van der Waals surface area contributed by atoms with Crippen LogP contribution in [0.5, 0.6) is 0 Å². The highest BCUT2D eigenvalue weighted by Gasteiger charge is 2.27. The van der Waals surface area contributed by atoms with E-state index in [1.165, 1.54) is 0 Å². The van der Waals surface area contributed by atoms with Crippen molar-refractivity contribution < 1.29 is 14.3 Å². The highest BCUT2D eigenvalue weighted by molar-refractivity contribution is 5.95. The topological polar surface area (TPSA) is 67.4 Å². The molecule has 0 radical (unpaired) electrons. The predicted molar refractivity (Wildman–Crippen MR) is 96.3 cm³/mol. The van der Waals surface area contributed by atoms with E-state index in [0.29, 0.717) is 23.6 Å². The van der Waals surface area contributed by atoms with E-state index in [9.17, 15) is 9.59 Å². The first-order valence-corrected chi connectivity index (χ1v) is 8.52. The van der Waals surface area contributed by atoms with Crippen LogP contribution in [0.2, 0.25) is 0 Å². The third-order valence-corrected chi connectivity index (χ3v) is 4.56. The second-order valence-corrected chi connectivity index (χ2v) is 6.15. The number of nitrogens with one attached hydrogen (secondary N) is 2. The van der Waals surface area contributed by atoms with Crippen LogP contribution in [0, 0.1) is 5.92 Å². The van der Waals surface area contributed by atoms with E-state index < -0.39 is 0 Å². The lowest BCUT2D eigenvalue weighted by atomic mass is 9.87. The predicted octanol–water partition coefficient (Wildman–Crippen LogP) is 3.15. The van der Waals surface area contributed by atoms with Crippen LogP contribution in [-0.2, 0) is 9.53 Å². The Labute approximate surface area is 147 Å². The van der Waals surface area contributed by atoms with Crippen LogP contribution in [0.25, 0.3) is 0 Å². The first-order valence-electron chi connectivity index (χ1n) is 8.52. The number of anilines is 1. The lowest BCUT2D eigenvalue weighted by Crippen LogP contribution is -2.36. The van der Waals surface area contributed by atoms with Crippen molar-refractivity contribution >= 4 is 18.0 Å². The maximum absolute atomic E-state index is 12.7. The molecule has 2 aromatic carbocycles. The number of amides is 2. The summed E-state index contributed by atoms with van der Waals surface area (Å²) in [7, 11) is 0. The molecule has 1 atom stereocenters. The van der Waals surface area contributed by atoms with Crippen molar-refractivity contribution in [3.8, 4) is 0 Å². The van der Waals surface area contributed by atoms with Crippen LogP contribution in [0.1, 0.15) is 34.8 Å². The molecule has 0 aromatic heterocycles. The average Bonchev–Trinajstić information content (AvgIpc) is 2.68. The first kappa shape index (κ1) is 17.2. The fourth-order valence-electron chi connectivity index (χ4n) is 3.19. The van der Waals surface area contributed by atoms with Crippen molar-refractivity contribution in [2.24, 2.45) is 5.92 Å². The third-order valence-electron chi connectivity index (χ3n) is 4.56. The Bertz CT molecular complexity index is 695. The molecule has 3 rings (SSSR count). The number of hydrogen-bond acceptors (Lipinski definition) is 3. The van der Waals surface area contributed by atoms with E-state index in [1.54, 1.807) is 24.3 Å². The molecule has 0 bridgehead atoms. The van der Waals surface area contributed by atoms with E-state index in [4.69, 9.17) is 4.74 Å². The van der Waals surface area contributed by atoms with Crippen LogP contribution in [-0.4, -0.2) is 25.5 Å². The molecule has 2 amide bonds. The third kappa shape index (κ3) is 4.45. The highest BCUT2D eigenvalue weighted by atomic mass is 16.5. The Morgan fingerprint density at radius 3 is 2.36 bits per heavy atom. The summed E-state index contributed by atoms with van der Waals surface area (Å²) in [6, 6.07) is 16.9. The van der Waals surface area contributed by atoms with Crippen LogP contribution in [0.15, 0.2) is 54.6 Å². The van der Waals surface area contributed by atoms with Gasteiger partial charge in [-0.15, -0.1) is 0 Å². The van der Waals surface area contributed by atoms with E-state index in [1.807, 2.05) is 18.2 Å². The van der Waals surface area contributed by atoms with E-state index in [-0.39, 0.29) is 11.9 Å². The van der Waals surface area contributed by atoms with Crippen molar-refractivity contribution in [2.75, 3.05) is 18.5 Å². The van der Waals surface area contributed by atoms with Crippen LogP contribution in [0.4, 0.5) is 5.69 Å². The molecule has 5 nitrogen and oxygen atoms in total. The maximum Gasteiger partial charge on any atom is 0.251 e. The largest absolute Gasteiger partial charge is 0.381 e. The molecule has 25 heavy (non-hydrogen) atoms. The van der Waals surface area contributed by atoms with E-state index in [2.05, 4.69) is 22.8 Å². The SMILES string of the molecule is O=CNc1ccc(C(=O)N[C@H](c2ccccc2)C2CCOCC2)cc1. The molecule has 2 N–H and O–H groups in total. The molecule has 5 heteroatoms. The minimum atomic E-state index is -0.113. The van der Waals surface area contributed by atoms with Crippen LogP contribution < -0.4 is 10.6 Å². The Kier molecular flexibility index (Phi) is 5.80. The number of rotatable bonds is 6. The summed E-state index contributed by atoms with van der Waals surface area (Å²) in [6.07, 6.45) is 2.48. The van der Waals surface area contributed by atoms with E-state index in [0.717, 1.165) is 31.6 Å². The number of hydrogen-bond donors (Lipinski definition) is 2. The van der Waals surface area contributed by atoms with Gasteiger partial charge in [0.15, 0.2) is 0 Å². The van der Waals surface area contributed by atoms with Crippen LogP contribution in [0.3, 0.4) is 0 Å². The quantitative estimate of drug-likeness (QED) is 0.795. The second kappa shape index (κ2) is 8.44. The molecule has 2 aromatic rings. The Hall–Kier alpha value is -2.66. The van der Waals surface area contributed by atoms with Gasteiger partial charge in [0.05, 0.1) is 6.04 Å². The first-order chi connectivity index (χ1) is 12.3. The van der Waals surface area contributed by atoms with Gasteiger partial charge in [0.25, 0.3) is 5.91 Å². The Balaban J connectivity index is 1.76. The molecule has 1 aliphatic rings. The fraction of sp³-hybridized carbons (Fsp3) is 0.300. The second-order valence-electron chi connectivity index (χ2n) is 6.15. The monoisotopic (exact) mass is 338 g/mol. The van der Waals surface area contributed by atoms with Gasteiger partial charge in [-0.2, -0.15) is 0 Å². The fourth-order valence-corrected chi connectivity index (χ4v) is 3.19. The van der Waals surface area contributed by atoms with E-state index >= 15 is 0 Å². The molecule has 0 saturated carbocycles. The molecule has 1 aliphatic heterocycles. The van der Waals surface area contributed by atoms with Crippen molar-refractivity contribution in [3.63, 3.8) is 0 Å². The molecule has 1 heterocycles. The molecule has 0 spiro atoms. The van der Waals surface area contributed by atoms with Crippen molar-refractivity contribution in [2.45, 2.75) is 18.9 Å². The number of benzene rings is 2. The van der Waals surface area contributed by atoms with Gasteiger partial charge in [0.1, 0.15) is 0 Å². The molecular weight excluding hydrogens is 316 g/mol. The zero-order chi connectivity index (χ0) is 17.5. The van der Waals surface area contributed by atoms with Crippen molar-refractivity contribution in [3.05, 3.63) is 65.7 Å². The zero-order valence-electron chi connectivity index (χ0n) is 14.0. The Morgan fingerprint density at radius 2 is 1.72 bits per heavy atom. The summed E-state index contributed by atoms with van der Waals surface area (Å²) in [5.41, 5.74) is 2.35. The minimum absolute atomic E-state index is 0.0367. The summed E-state index contributed by atoms with van der Waals surface area (Å²) in [5.74, 6) is 0.245. The number of carbonyl (C=O) groups is 2. The minimum Gasteiger partial charge on any atom is -0.381 e. The van der Waals surface area contributed by atoms with Gasteiger partial charge in [-0.05, 0) is 48.6 Å². The van der Waals surface area contributed by atoms with Gasteiger partial charge in [0, 0.05) is 24.5 Å². The van der Waals surface area contributed by atoms with Crippen molar-refractivity contribution in [1.82, 2.24) is 5.32 Å². The molecule has 1 saturated heterocycles. The smallest absolute Gasteiger partial charge is 0.251 e. The summed E-state index contributed by atoms with van der Waals surface area (Å²) in [5, 5.41) is 5.75. The molecule has 0 aliphatic carbocycles. The maximum atomic E-state index is 12.7. The normalized spacial score (nSPS) is 16.0.